The molecule has 0 aliphatic heterocycles. The third kappa shape index (κ3) is 4.40. The van der Waals surface area contributed by atoms with Crippen molar-refractivity contribution < 1.29 is 37.7 Å². The Bertz CT molecular complexity index is 1200. The minimum absolute atomic E-state index is 0. The Hall–Kier alpha value is -1.53. The molecule has 0 unspecified atom stereocenters. The van der Waals surface area contributed by atoms with Gasteiger partial charge in [0.25, 0.3) is 5.91 Å². The van der Waals surface area contributed by atoms with Crippen molar-refractivity contribution in [2.75, 3.05) is 33.1 Å². The van der Waals surface area contributed by atoms with E-state index in [-0.39, 0.29) is 95.1 Å². The van der Waals surface area contributed by atoms with E-state index in [0.29, 0.717) is 5.56 Å². The van der Waals surface area contributed by atoms with Gasteiger partial charge in [-0.1, -0.05) is 0 Å². The second kappa shape index (κ2) is 11.1. The fourth-order valence-electron chi connectivity index (χ4n) is 5.65. The van der Waals surface area contributed by atoms with Gasteiger partial charge in [-0.3, -0.25) is 19.3 Å². The molecule has 36 heavy (non-hydrogen) atoms. The molecule has 1 fully saturated rings. The Labute approximate surface area is 253 Å². The number of aromatic hydroxyl groups is 1. The molecule has 0 heterocycles. The minimum atomic E-state index is -2.63. The van der Waals surface area contributed by atoms with Crippen molar-refractivity contribution >= 4 is 91.5 Å². The van der Waals surface area contributed by atoms with Crippen molar-refractivity contribution in [2.45, 2.75) is 24.5 Å². The fourth-order valence-corrected chi connectivity index (χ4v) is 5.65. The van der Waals surface area contributed by atoms with Gasteiger partial charge in [-0.25, -0.2) is 0 Å². The summed E-state index contributed by atoms with van der Waals surface area (Å²) in [4.78, 5) is 42.0. The van der Waals surface area contributed by atoms with Crippen LogP contribution < -0.4 is 10.6 Å². The second-order valence-corrected chi connectivity index (χ2v) is 9.31. The van der Waals surface area contributed by atoms with Gasteiger partial charge in [-0.05, 0) is 50.6 Å². The smallest absolute Gasteiger partial charge is 1.00 e. The molecule has 4 atom stereocenters. The number of halogens is 2. The number of benzene rings is 1. The minimum Gasteiger partial charge on any atom is -1.00 e. The van der Waals surface area contributed by atoms with Crippen molar-refractivity contribution in [2.24, 2.45) is 17.6 Å². The Balaban J connectivity index is 0. The van der Waals surface area contributed by atoms with Gasteiger partial charge in [0.1, 0.15) is 22.8 Å². The molecule has 3 aliphatic rings. The average molecular weight is 572 g/mol. The van der Waals surface area contributed by atoms with Crippen LogP contribution in [0.5, 0.6) is 5.75 Å². The number of nitrogens with zero attached hydrogens (tertiary/aromatic N) is 2. The first kappa shape index (κ1) is 32.5. The van der Waals surface area contributed by atoms with Crippen LogP contribution in [0.25, 0.3) is 5.76 Å². The summed E-state index contributed by atoms with van der Waals surface area (Å²) in [7, 11) is 6.75. The Morgan fingerprint density at radius 1 is 1.11 bits per heavy atom. The molecule has 1 saturated carbocycles. The largest absolute Gasteiger partial charge is 2.00 e. The van der Waals surface area contributed by atoms with E-state index in [4.69, 9.17) is 5.73 Å². The molecule has 1 amide bonds. The molecule has 0 bridgehead atoms. The Kier molecular flexibility index (Phi) is 9.99. The molecule has 0 aromatic heterocycles. The molecule has 6 N–H and O–H groups in total. The zero-order valence-electron chi connectivity index (χ0n) is 22.3. The number of aliphatic hydroxyl groups excluding tert-OH is 2. The third-order valence-corrected chi connectivity index (χ3v) is 7.06. The van der Waals surface area contributed by atoms with Crippen LogP contribution in [0.4, 0.5) is 5.69 Å². The molecule has 196 valence electrons. The SMILES string of the molecule is CN(C)c1ccc(O)c2c1C[C@H]1C[C@H]3[C@H](N(C)C)C(=O)C(C(N)=O)=C(O)[C@@]3(O)C(=O)C1=C2O.Cl.Cl.[Ca+2].[H-].[H-]. The number of hydrogen-bond acceptors (Lipinski definition) is 9. The number of amides is 1. The second-order valence-electron chi connectivity index (χ2n) is 9.31. The third-order valence-electron chi connectivity index (χ3n) is 7.06. The quantitative estimate of drug-likeness (QED) is 0.259. The normalized spacial score (nSPS) is 26.7. The van der Waals surface area contributed by atoms with E-state index in [2.05, 4.69) is 0 Å². The maximum absolute atomic E-state index is 13.7. The number of rotatable bonds is 3. The number of aliphatic hydroxyl groups is 3. The van der Waals surface area contributed by atoms with Gasteiger partial charge in [-0.2, -0.15) is 0 Å². The van der Waals surface area contributed by atoms with Gasteiger partial charge in [0.2, 0.25) is 5.78 Å². The van der Waals surface area contributed by atoms with Gasteiger partial charge < -0.3 is 33.9 Å². The monoisotopic (exact) mass is 571 g/mol. The molecule has 1 aromatic rings. The van der Waals surface area contributed by atoms with Crippen LogP contribution in [0, 0.1) is 11.8 Å². The van der Waals surface area contributed by atoms with Gasteiger partial charge in [0.05, 0.1) is 11.6 Å². The summed E-state index contributed by atoms with van der Waals surface area (Å²) >= 11 is 0. The number of carbonyl (C=O) groups is 3. The number of anilines is 1. The predicted molar refractivity (Wildman–Crippen MR) is 141 cm³/mol. The zero-order valence-corrected chi connectivity index (χ0v) is 24.2. The number of nitrogens with two attached hydrogens (primary N) is 1. The van der Waals surface area contributed by atoms with Gasteiger partial charge in [0.15, 0.2) is 11.4 Å². The molecule has 10 nitrogen and oxygen atoms in total. The van der Waals surface area contributed by atoms with E-state index in [1.54, 1.807) is 20.2 Å². The zero-order chi connectivity index (χ0) is 24.6. The first-order chi connectivity index (χ1) is 15.3. The van der Waals surface area contributed by atoms with Crippen molar-refractivity contribution in [3.05, 3.63) is 40.2 Å². The number of Topliss-reactive ketones (excluding diaryl/α,β-unsaturated/α-hetero) is 2. The average Bonchev–Trinajstić information content (AvgIpc) is 2.70. The van der Waals surface area contributed by atoms with Crippen LogP contribution in [-0.2, 0) is 20.8 Å². The van der Waals surface area contributed by atoms with E-state index in [1.807, 2.05) is 19.0 Å². The summed E-state index contributed by atoms with van der Waals surface area (Å²) in [5.74, 6) is -6.54. The molecule has 0 spiro atoms. The molecule has 4 rings (SSSR count). The number of likely N-dealkylation sites (N-methyl/N-ethyl adjacent to an activating group) is 1. The predicted octanol–water partition coefficient (Wildman–Crippen LogP) is 0.718. The number of fused-ring (bicyclic) bond motifs is 3. The molecule has 3 aliphatic carbocycles. The van der Waals surface area contributed by atoms with E-state index >= 15 is 0 Å². The number of phenols is 1. The summed E-state index contributed by atoms with van der Waals surface area (Å²) in [5.41, 5.74) is 3.15. The van der Waals surface area contributed by atoms with Crippen molar-refractivity contribution in [3.8, 4) is 5.75 Å². The van der Waals surface area contributed by atoms with E-state index < -0.39 is 58.0 Å². The standard InChI is InChI=1S/C23H27N3O7.Ca.2ClH.2H/c1-25(2)12-5-6-13(27)15-10(12)7-9-8-11-17(26(3)4)19(29)16(22(24)32)21(31)23(11,33)20(30)14(9)18(15)28;;;;;/h5-6,9,11,17,27-28,31,33H,7-8H2,1-4H3,(H2,24,32);;2*1H;;/q;+2;;;2*-1/t9-,11-,17-,23-;;;;;/m0...../s1. The number of hydrogen-bond donors (Lipinski definition) is 5. The van der Waals surface area contributed by atoms with Crippen LogP contribution >= 0.6 is 24.8 Å². The van der Waals surface area contributed by atoms with Gasteiger partial charge in [-0.15, -0.1) is 24.8 Å². The number of phenolic OH excluding ortho intramolecular Hbond substituents is 1. The van der Waals surface area contributed by atoms with Crippen LogP contribution in [0.15, 0.2) is 29.0 Å². The Morgan fingerprint density at radius 3 is 2.19 bits per heavy atom. The summed E-state index contributed by atoms with van der Waals surface area (Å²) < 4.78 is 0. The number of ketones is 2. The maximum atomic E-state index is 13.7. The number of primary amides is 1. The first-order valence-corrected chi connectivity index (χ1v) is 10.5. The van der Waals surface area contributed by atoms with E-state index in [9.17, 15) is 34.8 Å². The van der Waals surface area contributed by atoms with Crippen molar-refractivity contribution in [3.63, 3.8) is 0 Å². The van der Waals surface area contributed by atoms with Crippen LogP contribution in [0.2, 0.25) is 0 Å². The summed E-state index contributed by atoms with van der Waals surface area (Å²) in [6, 6.07) is 2.01. The maximum Gasteiger partial charge on any atom is 2.00 e. The summed E-state index contributed by atoms with van der Waals surface area (Å²) in [5, 5.41) is 43.9. The van der Waals surface area contributed by atoms with Gasteiger partial charge in [0, 0.05) is 31.3 Å². The van der Waals surface area contributed by atoms with Crippen molar-refractivity contribution in [1.82, 2.24) is 4.90 Å². The van der Waals surface area contributed by atoms with E-state index in [0.717, 1.165) is 5.69 Å². The number of carbonyl (C=O) groups excluding carboxylic acids is 3. The molecule has 1 aromatic carbocycles. The van der Waals surface area contributed by atoms with E-state index in [1.165, 1.54) is 11.0 Å². The summed E-state index contributed by atoms with van der Waals surface area (Å²) in [6.45, 7) is 0. The molecule has 0 radical (unpaired) electrons. The van der Waals surface area contributed by atoms with Crippen LogP contribution in [0.1, 0.15) is 20.4 Å². The molecular weight excluding hydrogens is 541 g/mol. The molecule has 0 saturated heterocycles. The van der Waals surface area contributed by atoms with Crippen LogP contribution in [-0.4, -0.2) is 120 Å². The topological polar surface area (TPSA) is 165 Å². The van der Waals surface area contributed by atoms with Crippen LogP contribution in [0.3, 0.4) is 0 Å². The Morgan fingerprint density at radius 2 is 1.69 bits per heavy atom. The summed E-state index contributed by atoms with van der Waals surface area (Å²) in [6.07, 6.45) is 0.324. The molecular formula is C23H31CaCl2N3O7. The van der Waals surface area contributed by atoms with Crippen molar-refractivity contribution in [1.29, 1.82) is 0 Å². The fraction of sp³-hybridized carbons (Fsp3) is 0.435. The van der Waals surface area contributed by atoms with Gasteiger partial charge >= 0.3 is 37.7 Å². The molecule has 13 heteroatoms. The first-order valence-electron chi connectivity index (χ1n) is 10.5.